The number of rotatable bonds is 0. The van der Waals surface area contributed by atoms with Crippen molar-refractivity contribution in [3.05, 3.63) is 0 Å². The first-order chi connectivity index (χ1) is 5.81. The van der Waals surface area contributed by atoms with Crippen molar-refractivity contribution in [1.29, 1.82) is 0 Å². The molecule has 3 atom stereocenters. The highest BCUT2D eigenvalue weighted by Crippen LogP contribution is 2.52. The first-order valence-corrected chi connectivity index (χ1v) is 5.89. The summed E-state index contributed by atoms with van der Waals surface area (Å²) >= 11 is 6.41. The van der Waals surface area contributed by atoms with Gasteiger partial charge in [0.1, 0.15) is 0 Å². The molecule has 0 amide bonds. The van der Waals surface area contributed by atoms with Gasteiger partial charge in [-0.1, -0.05) is 0 Å². The average molecular weight is 185 g/mol. The van der Waals surface area contributed by atoms with Crippen molar-refractivity contribution in [3.8, 4) is 0 Å². The van der Waals surface area contributed by atoms with E-state index in [1.165, 1.54) is 38.5 Å². The fraction of sp³-hybridized carbons (Fsp3) is 1.00. The van der Waals surface area contributed by atoms with E-state index in [1.807, 2.05) is 0 Å². The van der Waals surface area contributed by atoms with E-state index < -0.39 is 0 Å². The van der Waals surface area contributed by atoms with Crippen molar-refractivity contribution in [1.82, 2.24) is 0 Å². The molecule has 4 saturated carbocycles. The molecule has 0 N–H and O–H groups in total. The Morgan fingerprint density at radius 1 is 0.667 bits per heavy atom. The highest BCUT2D eigenvalue weighted by molar-refractivity contribution is 6.20. The van der Waals surface area contributed by atoms with E-state index in [9.17, 15) is 0 Å². The van der Waals surface area contributed by atoms with Crippen LogP contribution in [0.3, 0.4) is 0 Å². The average Bonchev–Trinajstić information content (AvgIpc) is 2.16. The van der Waals surface area contributed by atoms with Gasteiger partial charge >= 0.3 is 0 Å². The quantitative estimate of drug-likeness (QED) is 0.506. The van der Waals surface area contributed by atoms with Crippen LogP contribution in [0.5, 0.6) is 0 Å². The van der Waals surface area contributed by atoms with Gasteiger partial charge in [0.25, 0.3) is 0 Å². The summed E-state index contributed by atoms with van der Waals surface area (Å²) in [5, 5.41) is 0.533. The van der Waals surface area contributed by atoms with Crippen molar-refractivity contribution >= 4 is 11.6 Å². The van der Waals surface area contributed by atoms with E-state index >= 15 is 0 Å². The van der Waals surface area contributed by atoms with Gasteiger partial charge in [-0.2, -0.15) is 0 Å². The van der Waals surface area contributed by atoms with Crippen LogP contribution in [0.2, 0.25) is 0 Å². The van der Waals surface area contributed by atoms with Crippen LogP contribution in [0.4, 0.5) is 0 Å². The molecule has 3 unspecified atom stereocenters. The third-order valence-electron chi connectivity index (χ3n) is 4.34. The zero-order valence-corrected chi connectivity index (χ0v) is 8.26. The molecular formula is C11H17Cl. The van der Waals surface area contributed by atoms with Crippen LogP contribution in [0.25, 0.3) is 0 Å². The molecule has 0 heterocycles. The topological polar surface area (TPSA) is 0 Å². The van der Waals surface area contributed by atoms with Gasteiger partial charge in [-0.15, -0.1) is 11.6 Å². The Balaban J connectivity index is 1.91. The monoisotopic (exact) mass is 184 g/mol. The minimum atomic E-state index is 0.533. The number of hydrogen-bond acceptors (Lipinski definition) is 0. The molecule has 0 aliphatic heterocycles. The molecule has 12 heavy (non-hydrogen) atoms. The summed E-state index contributed by atoms with van der Waals surface area (Å²) in [6.07, 6.45) is 8.81. The predicted octanol–water partition coefficient (Wildman–Crippen LogP) is 3.44. The van der Waals surface area contributed by atoms with Crippen LogP contribution in [0.15, 0.2) is 0 Å². The molecule has 0 radical (unpaired) electrons. The minimum absolute atomic E-state index is 0.533. The predicted molar refractivity (Wildman–Crippen MR) is 51.3 cm³/mol. The summed E-state index contributed by atoms with van der Waals surface area (Å²) in [5.41, 5.74) is 0. The van der Waals surface area contributed by atoms with Crippen molar-refractivity contribution in [3.63, 3.8) is 0 Å². The molecule has 4 aliphatic carbocycles. The summed E-state index contributed by atoms with van der Waals surface area (Å²) in [7, 11) is 0. The van der Waals surface area contributed by atoms with Crippen molar-refractivity contribution in [2.24, 2.45) is 23.7 Å². The Hall–Kier alpha value is 0.290. The highest BCUT2D eigenvalue weighted by Gasteiger charge is 2.42. The third kappa shape index (κ3) is 1.11. The molecule has 0 spiro atoms. The molecule has 4 bridgehead atoms. The zero-order chi connectivity index (χ0) is 8.13. The molecule has 0 saturated heterocycles. The molecule has 4 aliphatic rings. The van der Waals surface area contributed by atoms with Crippen molar-refractivity contribution in [2.45, 2.75) is 43.9 Å². The normalized spacial score (nSPS) is 57.2. The largest absolute Gasteiger partial charge is 0.123 e. The lowest BCUT2D eigenvalue weighted by Crippen LogP contribution is -2.28. The lowest BCUT2D eigenvalue weighted by atomic mass is 9.68. The summed E-state index contributed by atoms with van der Waals surface area (Å²) in [4.78, 5) is 0. The van der Waals surface area contributed by atoms with Gasteiger partial charge in [0, 0.05) is 5.38 Å². The van der Waals surface area contributed by atoms with Gasteiger partial charge in [-0.05, 0) is 62.2 Å². The second-order valence-corrected chi connectivity index (χ2v) is 5.85. The van der Waals surface area contributed by atoms with Gasteiger partial charge in [0.05, 0.1) is 0 Å². The van der Waals surface area contributed by atoms with E-state index in [2.05, 4.69) is 0 Å². The third-order valence-corrected chi connectivity index (χ3v) is 4.88. The Morgan fingerprint density at radius 2 is 1.17 bits per heavy atom. The highest BCUT2D eigenvalue weighted by atomic mass is 35.5. The maximum Gasteiger partial charge on any atom is 0.0367 e. The van der Waals surface area contributed by atoms with Crippen LogP contribution in [-0.2, 0) is 0 Å². The van der Waals surface area contributed by atoms with Crippen LogP contribution < -0.4 is 0 Å². The molecule has 0 nitrogen and oxygen atoms in total. The van der Waals surface area contributed by atoms with E-state index in [0.29, 0.717) is 5.38 Å². The number of fused-ring (bicyclic) bond motifs is 1. The van der Waals surface area contributed by atoms with E-state index in [1.54, 1.807) is 0 Å². The minimum Gasteiger partial charge on any atom is -0.123 e. The van der Waals surface area contributed by atoms with Crippen molar-refractivity contribution < 1.29 is 0 Å². The second kappa shape index (κ2) is 2.64. The van der Waals surface area contributed by atoms with Crippen LogP contribution in [0.1, 0.15) is 38.5 Å². The summed E-state index contributed by atoms with van der Waals surface area (Å²) in [6.45, 7) is 0. The molecule has 4 fully saturated rings. The molecule has 1 heteroatoms. The van der Waals surface area contributed by atoms with E-state index in [0.717, 1.165) is 23.7 Å². The first kappa shape index (κ1) is 7.67. The van der Waals surface area contributed by atoms with Crippen LogP contribution in [-0.4, -0.2) is 5.38 Å². The lowest BCUT2D eigenvalue weighted by molar-refractivity contribution is 0.134. The molecule has 0 aromatic rings. The maximum atomic E-state index is 6.41. The molecule has 4 rings (SSSR count). The molecule has 0 aromatic heterocycles. The number of halogens is 1. The van der Waals surface area contributed by atoms with E-state index in [4.69, 9.17) is 11.6 Å². The molecule has 0 aromatic carbocycles. The maximum absolute atomic E-state index is 6.41. The summed E-state index contributed by atoms with van der Waals surface area (Å²) in [5.74, 6) is 4.03. The first-order valence-electron chi connectivity index (χ1n) is 5.45. The number of alkyl halides is 1. The Bertz CT molecular complexity index is 175. The van der Waals surface area contributed by atoms with Crippen molar-refractivity contribution in [2.75, 3.05) is 0 Å². The molecule has 68 valence electrons. The van der Waals surface area contributed by atoms with Gasteiger partial charge in [0.15, 0.2) is 0 Å². The Labute approximate surface area is 79.7 Å². The smallest absolute Gasteiger partial charge is 0.0367 e. The lowest BCUT2D eigenvalue weighted by Gasteiger charge is -2.38. The zero-order valence-electron chi connectivity index (χ0n) is 7.51. The second-order valence-electron chi connectivity index (χ2n) is 5.29. The fourth-order valence-corrected chi connectivity index (χ4v) is 4.50. The van der Waals surface area contributed by atoms with Gasteiger partial charge in [0.2, 0.25) is 0 Å². The van der Waals surface area contributed by atoms with Gasteiger partial charge in [-0.3, -0.25) is 0 Å². The fourth-order valence-electron chi connectivity index (χ4n) is 4.04. The van der Waals surface area contributed by atoms with Gasteiger partial charge in [-0.25, -0.2) is 0 Å². The SMILES string of the molecule is ClC1CC2CC3CC(C2)CC1C3. The summed E-state index contributed by atoms with van der Waals surface area (Å²) in [6, 6.07) is 0. The Morgan fingerprint density at radius 3 is 1.75 bits per heavy atom. The van der Waals surface area contributed by atoms with E-state index in [-0.39, 0.29) is 0 Å². The molecular weight excluding hydrogens is 168 g/mol. The van der Waals surface area contributed by atoms with Gasteiger partial charge < -0.3 is 0 Å². The standard InChI is InChI=1S/C11H17Cl/c12-11-6-9-2-7-1-8(3-9)5-10(11)4-7/h7-11H,1-6H2. The Kier molecular flexibility index (Phi) is 1.69. The number of hydrogen-bond donors (Lipinski definition) is 0. The van der Waals surface area contributed by atoms with Crippen LogP contribution >= 0.6 is 11.6 Å². The van der Waals surface area contributed by atoms with Crippen LogP contribution in [0, 0.1) is 23.7 Å². The summed E-state index contributed by atoms with van der Waals surface area (Å²) < 4.78 is 0.